The second-order valence-electron chi connectivity index (χ2n) is 4.42. The molecule has 0 bridgehead atoms. The minimum absolute atomic E-state index is 0.160. The number of fused-ring (bicyclic) bond motifs is 1. The largest absolute Gasteiger partial charge is 0.348 e. The van der Waals surface area contributed by atoms with Gasteiger partial charge in [-0.15, -0.1) is 0 Å². The molecule has 1 atom stereocenters. The van der Waals surface area contributed by atoms with Gasteiger partial charge in [0.1, 0.15) is 5.82 Å². The first-order valence-corrected chi connectivity index (χ1v) is 5.57. The predicted octanol–water partition coefficient (Wildman–Crippen LogP) is 2.60. The summed E-state index contributed by atoms with van der Waals surface area (Å²) in [6.07, 6.45) is 3.82. The zero-order valence-electron chi connectivity index (χ0n) is 9.70. The Morgan fingerprint density at radius 2 is 2.19 bits per heavy atom. The molecule has 1 aromatic carbocycles. The van der Waals surface area contributed by atoms with Crippen molar-refractivity contribution in [2.75, 3.05) is 0 Å². The van der Waals surface area contributed by atoms with Gasteiger partial charge in [0, 0.05) is 24.7 Å². The fraction of sp³-hybridized carbons (Fsp3) is 0.385. The zero-order chi connectivity index (χ0) is 11.7. The third-order valence-electron chi connectivity index (χ3n) is 2.90. The van der Waals surface area contributed by atoms with Crippen LogP contribution < -0.4 is 5.73 Å². The van der Waals surface area contributed by atoms with Crippen LogP contribution in [0.4, 0.5) is 4.39 Å². The number of halogens is 1. The van der Waals surface area contributed by atoms with Crippen molar-refractivity contribution >= 4 is 10.9 Å². The van der Waals surface area contributed by atoms with Crippen LogP contribution in [0.2, 0.25) is 0 Å². The zero-order valence-corrected chi connectivity index (χ0v) is 9.70. The summed E-state index contributed by atoms with van der Waals surface area (Å²) in [5, 5.41) is 1.00. The van der Waals surface area contributed by atoms with E-state index in [9.17, 15) is 4.39 Å². The number of hydrogen-bond donors (Lipinski definition) is 1. The number of aromatic nitrogens is 1. The highest BCUT2D eigenvalue weighted by molar-refractivity contribution is 5.84. The molecule has 2 aromatic rings. The van der Waals surface area contributed by atoms with E-state index in [1.807, 2.05) is 30.8 Å². The quantitative estimate of drug-likeness (QED) is 0.847. The van der Waals surface area contributed by atoms with Gasteiger partial charge in [-0.3, -0.25) is 0 Å². The molecule has 2 nitrogen and oxygen atoms in total. The van der Waals surface area contributed by atoms with Crippen molar-refractivity contribution in [3.05, 3.63) is 35.8 Å². The van der Waals surface area contributed by atoms with Crippen LogP contribution in [0.3, 0.4) is 0 Å². The van der Waals surface area contributed by atoms with Crippen LogP contribution in [0, 0.1) is 5.82 Å². The lowest BCUT2D eigenvalue weighted by Crippen LogP contribution is -2.15. The summed E-state index contributed by atoms with van der Waals surface area (Å²) in [4.78, 5) is 0. The third kappa shape index (κ3) is 1.95. The molecule has 2 rings (SSSR count). The summed E-state index contributed by atoms with van der Waals surface area (Å²) >= 11 is 0. The molecule has 1 unspecified atom stereocenters. The number of aryl methyl sites for hydroxylation is 2. The molecule has 1 aromatic heterocycles. The summed E-state index contributed by atoms with van der Waals surface area (Å²) in [6.45, 7) is 1.99. The second kappa shape index (κ2) is 4.26. The van der Waals surface area contributed by atoms with E-state index in [4.69, 9.17) is 5.73 Å². The topological polar surface area (TPSA) is 30.9 Å². The molecule has 0 saturated carbocycles. The molecule has 0 aliphatic rings. The van der Waals surface area contributed by atoms with Crippen molar-refractivity contribution in [3.8, 4) is 0 Å². The van der Waals surface area contributed by atoms with E-state index in [-0.39, 0.29) is 11.9 Å². The highest BCUT2D eigenvalue weighted by Crippen LogP contribution is 2.24. The number of benzene rings is 1. The van der Waals surface area contributed by atoms with E-state index in [1.54, 1.807) is 6.07 Å². The fourth-order valence-electron chi connectivity index (χ4n) is 2.08. The van der Waals surface area contributed by atoms with Crippen molar-refractivity contribution in [1.29, 1.82) is 0 Å². The van der Waals surface area contributed by atoms with Crippen LogP contribution in [0.25, 0.3) is 10.9 Å². The van der Waals surface area contributed by atoms with Gasteiger partial charge in [0.05, 0.1) is 5.52 Å². The van der Waals surface area contributed by atoms with Crippen molar-refractivity contribution < 1.29 is 4.39 Å². The van der Waals surface area contributed by atoms with Crippen LogP contribution in [0.1, 0.15) is 18.9 Å². The maximum absolute atomic E-state index is 13.6. The number of rotatable bonds is 3. The molecule has 3 heteroatoms. The Labute approximate surface area is 94.9 Å². The monoisotopic (exact) mass is 220 g/mol. The number of nitrogens with two attached hydrogens (primary N) is 1. The average molecular weight is 220 g/mol. The molecule has 0 aliphatic carbocycles. The Hall–Kier alpha value is -1.35. The Kier molecular flexibility index (Phi) is 2.97. The summed E-state index contributed by atoms with van der Waals surface area (Å²) in [5.74, 6) is -0.160. The van der Waals surface area contributed by atoms with Gasteiger partial charge < -0.3 is 10.3 Å². The Bertz CT molecular complexity index is 500. The number of hydrogen-bond acceptors (Lipinski definition) is 1. The molecule has 1 heterocycles. The molecule has 0 fully saturated rings. The van der Waals surface area contributed by atoms with Gasteiger partial charge >= 0.3 is 0 Å². The van der Waals surface area contributed by atoms with Crippen LogP contribution in [0.15, 0.2) is 24.4 Å². The van der Waals surface area contributed by atoms with E-state index >= 15 is 0 Å². The van der Waals surface area contributed by atoms with Gasteiger partial charge in [0.2, 0.25) is 0 Å². The Morgan fingerprint density at radius 3 is 2.88 bits per heavy atom. The van der Waals surface area contributed by atoms with Gasteiger partial charge in [-0.1, -0.05) is 12.1 Å². The minimum atomic E-state index is -0.160. The third-order valence-corrected chi connectivity index (χ3v) is 2.90. The predicted molar refractivity (Wildman–Crippen MR) is 64.8 cm³/mol. The summed E-state index contributed by atoms with van der Waals surface area (Å²) in [7, 11) is 1.88. The van der Waals surface area contributed by atoms with E-state index in [0.717, 1.165) is 18.2 Å². The maximum Gasteiger partial charge on any atom is 0.147 e. The molecule has 0 spiro atoms. The summed E-state index contributed by atoms with van der Waals surface area (Å²) in [5.41, 5.74) is 7.60. The van der Waals surface area contributed by atoms with Crippen LogP contribution in [-0.2, 0) is 13.5 Å². The molecular formula is C13H17FN2. The normalized spacial score (nSPS) is 13.2. The lowest BCUT2D eigenvalue weighted by atomic mass is 10.1. The summed E-state index contributed by atoms with van der Waals surface area (Å²) in [6, 6.07) is 5.41. The lowest BCUT2D eigenvalue weighted by Gasteiger charge is -2.03. The number of nitrogens with zero attached hydrogens (tertiary/aromatic N) is 1. The fourth-order valence-corrected chi connectivity index (χ4v) is 2.08. The van der Waals surface area contributed by atoms with E-state index < -0.39 is 0 Å². The Balaban J connectivity index is 2.43. The molecular weight excluding hydrogens is 203 g/mol. The molecule has 16 heavy (non-hydrogen) atoms. The maximum atomic E-state index is 13.6. The molecule has 0 aliphatic heterocycles. The van der Waals surface area contributed by atoms with Gasteiger partial charge in [0.15, 0.2) is 0 Å². The Morgan fingerprint density at radius 1 is 1.44 bits per heavy atom. The molecule has 0 amide bonds. The SMILES string of the molecule is CC(N)CCc1cn(C)c2c(F)cccc12. The van der Waals surface area contributed by atoms with Crippen molar-refractivity contribution in [2.45, 2.75) is 25.8 Å². The molecule has 0 saturated heterocycles. The van der Waals surface area contributed by atoms with Gasteiger partial charge in [-0.2, -0.15) is 0 Å². The van der Waals surface area contributed by atoms with Gasteiger partial charge in [-0.25, -0.2) is 4.39 Å². The highest BCUT2D eigenvalue weighted by Gasteiger charge is 2.10. The van der Waals surface area contributed by atoms with Crippen molar-refractivity contribution in [2.24, 2.45) is 12.8 Å². The van der Waals surface area contributed by atoms with Crippen LogP contribution >= 0.6 is 0 Å². The number of para-hydroxylation sites is 1. The van der Waals surface area contributed by atoms with Crippen molar-refractivity contribution in [3.63, 3.8) is 0 Å². The first-order chi connectivity index (χ1) is 7.59. The van der Waals surface area contributed by atoms with E-state index in [1.165, 1.54) is 11.6 Å². The lowest BCUT2D eigenvalue weighted by molar-refractivity contribution is 0.632. The first-order valence-electron chi connectivity index (χ1n) is 5.57. The standard InChI is InChI=1S/C13H17FN2/c1-9(15)6-7-10-8-16(2)13-11(10)4-3-5-12(13)14/h3-5,8-9H,6-7,15H2,1-2H3. The average Bonchev–Trinajstić information content (AvgIpc) is 2.54. The molecule has 86 valence electrons. The second-order valence-corrected chi connectivity index (χ2v) is 4.42. The highest BCUT2D eigenvalue weighted by atomic mass is 19.1. The molecule has 2 N–H and O–H groups in total. The van der Waals surface area contributed by atoms with Gasteiger partial charge in [0.25, 0.3) is 0 Å². The van der Waals surface area contributed by atoms with Crippen LogP contribution in [0.5, 0.6) is 0 Å². The van der Waals surface area contributed by atoms with E-state index in [2.05, 4.69) is 0 Å². The van der Waals surface area contributed by atoms with Crippen molar-refractivity contribution in [1.82, 2.24) is 4.57 Å². The molecule has 0 radical (unpaired) electrons. The van der Waals surface area contributed by atoms with E-state index in [0.29, 0.717) is 5.52 Å². The minimum Gasteiger partial charge on any atom is -0.348 e. The smallest absolute Gasteiger partial charge is 0.147 e. The summed E-state index contributed by atoms with van der Waals surface area (Å²) < 4.78 is 15.5. The first kappa shape index (κ1) is 11.1. The van der Waals surface area contributed by atoms with Gasteiger partial charge in [-0.05, 0) is 31.4 Å². The van der Waals surface area contributed by atoms with Crippen LogP contribution in [-0.4, -0.2) is 10.6 Å².